The maximum Gasteiger partial charge on any atom is 0.150 e. The first-order valence-electron chi connectivity index (χ1n) is 7.46. The second-order valence-corrected chi connectivity index (χ2v) is 8.76. The third kappa shape index (κ3) is 5.79. The molecule has 1 rings (SSSR count). The molecule has 0 bridgehead atoms. The molecule has 0 amide bonds. The van der Waals surface area contributed by atoms with Gasteiger partial charge < -0.3 is 5.73 Å². The Morgan fingerprint density at radius 1 is 1.40 bits per heavy atom. The summed E-state index contributed by atoms with van der Waals surface area (Å²) in [5.41, 5.74) is 5.46. The van der Waals surface area contributed by atoms with E-state index in [-0.39, 0.29) is 11.1 Å². The molecule has 5 nitrogen and oxygen atoms in total. The molecule has 1 aliphatic rings. The molecule has 0 heterocycles. The SMILES string of the molecule is CC(C)CN(CCC(=N)N)C1CCCC(S(C)(=O)=O)C1. The number of hydrogen-bond acceptors (Lipinski definition) is 4. The molecule has 3 N–H and O–H groups in total. The van der Waals surface area contributed by atoms with Crippen LogP contribution in [0.3, 0.4) is 0 Å². The normalized spacial score (nSPS) is 24.2. The minimum atomic E-state index is -2.95. The summed E-state index contributed by atoms with van der Waals surface area (Å²) in [7, 11) is -2.95. The molecule has 0 saturated heterocycles. The van der Waals surface area contributed by atoms with Crippen molar-refractivity contribution in [2.45, 2.75) is 57.2 Å². The van der Waals surface area contributed by atoms with Gasteiger partial charge in [0, 0.05) is 31.8 Å². The Balaban J connectivity index is 2.71. The molecule has 0 aromatic rings. The van der Waals surface area contributed by atoms with E-state index in [2.05, 4.69) is 18.7 Å². The Morgan fingerprint density at radius 3 is 2.55 bits per heavy atom. The Kier molecular flexibility index (Phi) is 6.45. The Hall–Kier alpha value is -0.620. The molecule has 0 aromatic carbocycles. The van der Waals surface area contributed by atoms with E-state index >= 15 is 0 Å². The van der Waals surface area contributed by atoms with E-state index in [4.69, 9.17) is 11.1 Å². The maximum atomic E-state index is 11.8. The highest BCUT2D eigenvalue weighted by Crippen LogP contribution is 2.28. The van der Waals surface area contributed by atoms with E-state index in [1.807, 2.05) is 0 Å². The Bertz CT molecular complexity index is 420. The number of nitrogens with two attached hydrogens (primary N) is 1. The fourth-order valence-electron chi connectivity index (χ4n) is 3.00. The molecule has 2 atom stereocenters. The summed E-state index contributed by atoms with van der Waals surface area (Å²) in [6.07, 6.45) is 5.45. The molecule has 1 fully saturated rings. The maximum absolute atomic E-state index is 11.8. The minimum Gasteiger partial charge on any atom is -0.388 e. The van der Waals surface area contributed by atoms with Crippen molar-refractivity contribution in [3.63, 3.8) is 0 Å². The molecule has 2 unspecified atom stereocenters. The number of amidine groups is 1. The van der Waals surface area contributed by atoms with Gasteiger partial charge in [-0.15, -0.1) is 0 Å². The van der Waals surface area contributed by atoms with Crippen LogP contribution in [0.15, 0.2) is 0 Å². The minimum absolute atomic E-state index is 0.201. The summed E-state index contributed by atoms with van der Waals surface area (Å²) in [5, 5.41) is 7.18. The number of nitrogens with one attached hydrogen (secondary N) is 1. The van der Waals surface area contributed by atoms with Gasteiger partial charge in [-0.2, -0.15) is 0 Å². The van der Waals surface area contributed by atoms with Crippen molar-refractivity contribution in [2.24, 2.45) is 11.7 Å². The second-order valence-electron chi connectivity index (χ2n) is 6.44. The van der Waals surface area contributed by atoms with Gasteiger partial charge >= 0.3 is 0 Å². The van der Waals surface area contributed by atoms with Crippen LogP contribution in [0.25, 0.3) is 0 Å². The molecule has 0 aromatic heterocycles. The molecule has 0 radical (unpaired) electrons. The average molecular weight is 303 g/mol. The number of rotatable bonds is 7. The monoisotopic (exact) mass is 303 g/mol. The lowest BCUT2D eigenvalue weighted by atomic mass is 9.93. The zero-order valence-electron chi connectivity index (χ0n) is 12.9. The van der Waals surface area contributed by atoms with Crippen LogP contribution in [0.1, 0.15) is 46.0 Å². The first-order valence-corrected chi connectivity index (χ1v) is 9.41. The van der Waals surface area contributed by atoms with Gasteiger partial charge in [0.15, 0.2) is 0 Å². The molecule has 20 heavy (non-hydrogen) atoms. The third-order valence-electron chi connectivity index (χ3n) is 3.99. The summed E-state index contributed by atoms with van der Waals surface area (Å²) < 4.78 is 23.5. The summed E-state index contributed by atoms with van der Waals surface area (Å²) in [5.74, 6) is 0.731. The van der Waals surface area contributed by atoms with Gasteiger partial charge in [-0.05, 0) is 25.2 Å². The predicted molar refractivity (Wildman–Crippen MR) is 83.8 cm³/mol. The van der Waals surface area contributed by atoms with Crippen LogP contribution in [0, 0.1) is 11.3 Å². The molecule has 0 aliphatic heterocycles. The topological polar surface area (TPSA) is 87.2 Å². The van der Waals surface area contributed by atoms with Crippen LogP contribution in [0.5, 0.6) is 0 Å². The molecule has 1 saturated carbocycles. The molecular weight excluding hydrogens is 274 g/mol. The van der Waals surface area contributed by atoms with Gasteiger partial charge in [0.25, 0.3) is 0 Å². The fourth-order valence-corrected chi connectivity index (χ4v) is 4.16. The van der Waals surface area contributed by atoms with Crippen LogP contribution < -0.4 is 5.73 Å². The van der Waals surface area contributed by atoms with Crippen molar-refractivity contribution in [1.82, 2.24) is 4.90 Å². The van der Waals surface area contributed by atoms with E-state index < -0.39 is 9.84 Å². The largest absolute Gasteiger partial charge is 0.388 e. The van der Waals surface area contributed by atoms with Crippen LogP contribution in [-0.4, -0.2) is 49.8 Å². The molecular formula is C14H29N3O2S. The highest BCUT2D eigenvalue weighted by Gasteiger charge is 2.31. The zero-order chi connectivity index (χ0) is 15.3. The van der Waals surface area contributed by atoms with Gasteiger partial charge in [0.1, 0.15) is 9.84 Å². The lowest BCUT2D eigenvalue weighted by Crippen LogP contribution is -2.44. The Morgan fingerprint density at radius 2 is 2.05 bits per heavy atom. The molecule has 6 heteroatoms. The van der Waals surface area contributed by atoms with Crippen LogP contribution in [-0.2, 0) is 9.84 Å². The first kappa shape index (κ1) is 17.4. The fraction of sp³-hybridized carbons (Fsp3) is 0.929. The molecule has 118 valence electrons. The molecule has 1 aliphatic carbocycles. The van der Waals surface area contributed by atoms with Crippen molar-refractivity contribution in [2.75, 3.05) is 19.3 Å². The van der Waals surface area contributed by atoms with Gasteiger partial charge in [-0.25, -0.2) is 8.42 Å². The summed E-state index contributed by atoms with van der Waals surface area (Å²) in [6.45, 7) is 6.03. The van der Waals surface area contributed by atoms with Gasteiger partial charge in [0.05, 0.1) is 11.1 Å². The highest BCUT2D eigenvalue weighted by molar-refractivity contribution is 7.91. The van der Waals surface area contributed by atoms with E-state index in [9.17, 15) is 8.42 Å². The lowest BCUT2D eigenvalue weighted by Gasteiger charge is -2.38. The van der Waals surface area contributed by atoms with Crippen molar-refractivity contribution in [3.05, 3.63) is 0 Å². The zero-order valence-corrected chi connectivity index (χ0v) is 13.7. The van der Waals surface area contributed by atoms with Gasteiger partial charge in [0.2, 0.25) is 0 Å². The number of nitrogens with zero attached hydrogens (tertiary/aromatic N) is 1. The summed E-state index contributed by atoms with van der Waals surface area (Å²) in [4.78, 5) is 2.34. The highest BCUT2D eigenvalue weighted by atomic mass is 32.2. The lowest BCUT2D eigenvalue weighted by molar-refractivity contribution is 0.144. The van der Waals surface area contributed by atoms with E-state index in [1.165, 1.54) is 6.26 Å². The van der Waals surface area contributed by atoms with Gasteiger partial charge in [-0.1, -0.05) is 20.3 Å². The van der Waals surface area contributed by atoms with Crippen molar-refractivity contribution in [1.29, 1.82) is 5.41 Å². The van der Waals surface area contributed by atoms with Crippen LogP contribution in [0.2, 0.25) is 0 Å². The van der Waals surface area contributed by atoms with Crippen LogP contribution >= 0.6 is 0 Å². The predicted octanol–water partition coefficient (Wildman–Crippen LogP) is 1.63. The van der Waals surface area contributed by atoms with E-state index in [1.54, 1.807) is 0 Å². The second kappa shape index (κ2) is 7.41. The smallest absolute Gasteiger partial charge is 0.150 e. The van der Waals surface area contributed by atoms with Gasteiger partial charge in [-0.3, -0.25) is 10.3 Å². The number of sulfone groups is 1. The standard InChI is InChI=1S/C14H29N3O2S/c1-11(2)10-17(8-7-14(15)16)12-5-4-6-13(9-12)20(3,18)19/h11-13H,4-10H2,1-3H3,(H3,15,16). The quantitative estimate of drug-likeness (QED) is 0.553. The van der Waals surface area contributed by atoms with E-state index in [0.29, 0.717) is 18.4 Å². The van der Waals surface area contributed by atoms with E-state index in [0.717, 1.165) is 38.8 Å². The average Bonchev–Trinajstić information content (AvgIpc) is 2.33. The third-order valence-corrected chi connectivity index (χ3v) is 5.63. The first-order chi connectivity index (χ1) is 9.20. The van der Waals surface area contributed by atoms with Crippen molar-refractivity contribution >= 4 is 15.7 Å². The van der Waals surface area contributed by atoms with Crippen molar-refractivity contribution < 1.29 is 8.42 Å². The van der Waals surface area contributed by atoms with Crippen LogP contribution in [0.4, 0.5) is 0 Å². The Labute approximate surface area is 123 Å². The number of hydrogen-bond donors (Lipinski definition) is 2. The van der Waals surface area contributed by atoms with Crippen molar-refractivity contribution in [3.8, 4) is 0 Å². The summed E-state index contributed by atoms with van der Waals surface area (Å²) in [6, 6.07) is 0.310. The molecule has 0 spiro atoms. The summed E-state index contributed by atoms with van der Waals surface area (Å²) >= 11 is 0.